The van der Waals surface area contributed by atoms with Crippen LogP contribution in [0.4, 0.5) is 10.1 Å². The molecule has 1 amide bonds. The molecule has 0 saturated heterocycles. The van der Waals surface area contributed by atoms with Gasteiger partial charge in [0, 0.05) is 5.69 Å². The lowest BCUT2D eigenvalue weighted by atomic mass is 10.0. The zero-order valence-electron chi connectivity index (χ0n) is 14.0. The van der Waals surface area contributed by atoms with Crippen LogP contribution in [0.3, 0.4) is 0 Å². The van der Waals surface area contributed by atoms with Crippen molar-refractivity contribution in [2.45, 2.75) is 19.4 Å². The Hall–Kier alpha value is -2.73. The molecule has 1 unspecified atom stereocenters. The van der Waals surface area contributed by atoms with Crippen LogP contribution in [0.1, 0.15) is 24.9 Å². The Kier molecular flexibility index (Phi) is 6.65. The fourth-order valence-electron chi connectivity index (χ4n) is 2.67. The molecule has 0 aliphatic rings. The van der Waals surface area contributed by atoms with Crippen LogP contribution in [0.25, 0.3) is 0 Å². The van der Waals surface area contributed by atoms with E-state index >= 15 is 0 Å². The highest BCUT2D eigenvalue weighted by atomic mass is 19.1. The Morgan fingerprint density at radius 2 is 1.76 bits per heavy atom. The molecule has 0 spiro atoms. The second-order valence-electron chi connectivity index (χ2n) is 5.67. The first-order valence-electron chi connectivity index (χ1n) is 8.08. The maximum absolute atomic E-state index is 13.0. The van der Waals surface area contributed by atoms with Crippen molar-refractivity contribution in [1.82, 2.24) is 4.90 Å². The van der Waals surface area contributed by atoms with Crippen molar-refractivity contribution in [2.75, 3.05) is 18.4 Å². The van der Waals surface area contributed by atoms with E-state index in [-0.39, 0.29) is 12.5 Å². The molecular weight excluding hydrogens is 323 g/mol. The van der Waals surface area contributed by atoms with Gasteiger partial charge in [-0.05, 0) is 42.8 Å². The fraction of sp³-hybridized carbons (Fsp3) is 0.263. The molecule has 2 rings (SSSR count). The maximum Gasteiger partial charge on any atom is 0.317 e. The summed E-state index contributed by atoms with van der Waals surface area (Å²) in [6.45, 7) is 2.14. The summed E-state index contributed by atoms with van der Waals surface area (Å²) in [5.74, 6) is -1.74. The van der Waals surface area contributed by atoms with E-state index < -0.39 is 17.8 Å². The van der Waals surface area contributed by atoms with Crippen LogP contribution in [0.5, 0.6) is 0 Å². The van der Waals surface area contributed by atoms with Gasteiger partial charge < -0.3 is 10.4 Å². The largest absolute Gasteiger partial charge is 0.480 e. The number of nitrogens with zero attached hydrogens (tertiary/aromatic N) is 1. The van der Waals surface area contributed by atoms with Crippen LogP contribution >= 0.6 is 0 Å². The second-order valence-corrected chi connectivity index (χ2v) is 5.67. The van der Waals surface area contributed by atoms with E-state index in [9.17, 15) is 19.1 Å². The quantitative estimate of drug-likeness (QED) is 0.771. The van der Waals surface area contributed by atoms with Gasteiger partial charge in [0.2, 0.25) is 5.91 Å². The predicted molar refractivity (Wildman–Crippen MR) is 93.7 cm³/mol. The van der Waals surface area contributed by atoms with Crippen LogP contribution in [0, 0.1) is 5.82 Å². The molecule has 6 heteroatoms. The fourth-order valence-corrected chi connectivity index (χ4v) is 2.67. The predicted octanol–water partition coefficient (Wildman–Crippen LogP) is 3.30. The first-order chi connectivity index (χ1) is 12.0. The number of carbonyl (C=O) groups excluding carboxylic acids is 1. The van der Waals surface area contributed by atoms with Crippen LogP contribution in [-0.4, -0.2) is 35.0 Å². The zero-order chi connectivity index (χ0) is 18.2. The highest BCUT2D eigenvalue weighted by Gasteiger charge is 2.28. The van der Waals surface area contributed by atoms with E-state index in [1.54, 1.807) is 29.2 Å². The van der Waals surface area contributed by atoms with E-state index in [0.29, 0.717) is 24.2 Å². The topological polar surface area (TPSA) is 69.6 Å². The van der Waals surface area contributed by atoms with Crippen molar-refractivity contribution in [1.29, 1.82) is 0 Å². The van der Waals surface area contributed by atoms with E-state index in [1.165, 1.54) is 24.3 Å². The molecule has 132 valence electrons. The molecule has 0 heterocycles. The standard InChI is InChI=1S/C19H21FN2O3/c1-2-12-22(13-17(23)24)18(14-6-4-3-5-7-14)19(25)21-16-10-8-15(20)9-11-16/h3-11,18H,2,12-13H2,1H3,(H,21,25)(H,23,24). The lowest BCUT2D eigenvalue weighted by Crippen LogP contribution is -2.40. The summed E-state index contributed by atoms with van der Waals surface area (Å²) >= 11 is 0. The number of rotatable bonds is 8. The van der Waals surface area contributed by atoms with Gasteiger partial charge in [0.25, 0.3) is 0 Å². The number of halogens is 1. The summed E-state index contributed by atoms with van der Waals surface area (Å²) < 4.78 is 13.0. The normalized spacial score (nSPS) is 12.0. The summed E-state index contributed by atoms with van der Waals surface area (Å²) in [7, 11) is 0. The number of anilines is 1. The molecule has 5 nitrogen and oxygen atoms in total. The summed E-state index contributed by atoms with van der Waals surface area (Å²) in [6, 6.07) is 13.7. The van der Waals surface area contributed by atoms with Crippen LogP contribution in [-0.2, 0) is 9.59 Å². The first kappa shape index (κ1) is 18.6. The average molecular weight is 344 g/mol. The molecule has 0 saturated carbocycles. The highest BCUT2D eigenvalue weighted by Crippen LogP contribution is 2.23. The summed E-state index contributed by atoms with van der Waals surface area (Å²) in [6.07, 6.45) is 0.709. The lowest BCUT2D eigenvalue weighted by Gasteiger charge is -2.29. The molecule has 0 aromatic heterocycles. The Morgan fingerprint density at radius 1 is 1.12 bits per heavy atom. The third-order valence-electron chi connectivity index (χ3n) is 3.69. The van der Waals surface area contributed by atoms with Crippen molar-refractivity contribution in [3.63, 3.8) is 0 Å². The molecule has 0 aliphatic heterocycles. The molecule has 1 atom stereocenters. The van der Waals surface area contributed by atoms with Crippen LogP contribution in [0.2, 0.25) is 0 Å². The molecule has 2 aromatic rings. The number of carbonyl (C=O) groups is 2. The minimum Gasteiger partial charge on any atom is -0.480 e. The molecule has 0 bridgehead atoms. The number of aliphatic carboxylic acids is 1. The van der Waals surface area contributed by atoms with Gasteiger partial charge in [0.15, 0.2) is 0 Å². The summed E-state index contributed by atoms with van der Waals surface area (Å²) in [4.78, 5) is 25.7. The Labute approximate surface area is 146 Å². The van der Waals surface area contributed by atoms with Gasteiger partial charge in [-0.25, -0.2) is 4.39 Å². The maximum atomic E-state index is 13.0. The Balaban J connectivity index is 2.30. The highest BCUT2D eigenvalue weighted by molar-refractivity contribution is 5.95. The van der Waals surface area contributed by atoms with E-state index in [0.717, 1.165) is 0 Å². The van der Waals surface area contributed by atoms with Gasteiger partial charge in [-0.2, -0.15) is 0 Å². The van der Waals surface area contributed by atoms with E-state index in [1.807, 2.05) is 13.0 Å². The van der Waals surface area contributed by atoms with Crippen molar-refractivity contribution in [2.24, 2.45) is 0 Å². The first-order valence-corrected chi connectivity index (χ1v) is 8.08. The molecule has 2 aromatic carbocycles. The SMILES string of the molecule is CCCN(CC(=O)O)C(C(=O)Nc1ccc(F)cc1)c1ccccc1. The van der Waals surface area contributed by atoms with Gasteiger partial charge in [0.1, 0.15) is 11.9 Å². The third kappa shape index (κ3) is 5.39. The van der Waals surface area contributed by atoms with Crippen molar-refractivity contribution >= 4 is 17.6 Å². The number of hydrogen-bond donors (Lipinski definition) is 2. The average Bonchev–Trinajstić information content (AvgIpc) is 2.58. The monoisotopic (exact) mass is 344 g/mol. The summed E-state index contributed by atoms with van der Waals surface area (Å²) in [5, 5.41) is 11.9. The van der Waals surface area contributed by atoms with Crippen molar-refractivity contribution in [3.05, 3.63) is 66.0 Å². The van der Waals surface area contributed by atoms with Gasteiger partial charge in [-0.3, -0.25) is 14.5 Å². The van der Waals surface area contributed by atoms with Crippen molar-refractivity contribution < 1.29 is 19.1 Å². The van der Waals surface area contributed by atoms with Crippen molar-refractivity contribution in [3.8, 4) is 0 Å². The molecule has 0 fully saturated rings. The molecule has 25 heavy (non-hydrogen) atoms. The number of benzene rings is 2. The molecule has 2 N–H and O–H groups in total. The number of carboxylic acid groups (broad SMARTS) is 1. The van der Waals surface area contributed by atoms with Crippen LogP contribution < -0.4 is 5.32 Å². The lowest BCUT2D eigenvalue weighted by molar-refractivity contribution is -0.139. The smallest absolute Gasteiger partial charge is 0.317 e. The molecule has 0 aliphatic carbocycles. The van der Waals surface area contributed by atoms with E-state index in [4.69, 9.17) is 0 Å². The van der Waals surface area contributed by atoms with Gasteiger partial charge in [0.05, 0.1) is 6.54 Å². The van der Waals surface area contributed by atoms with Gasteiger partial charge >= 0.3 is 5.97 Å². The van der Waals surface area contributed by atoms with Crippen LogP contribution in [0.15, 0.2) is 54.6 Å². The number of nitrogens with one attached hydrogen (secondary N) is 1. The number of hydrogen-bond acceptors (Lipinski definition) is 3. The van der Waals surface area contributed by atoms with E-state index in [2.05, 4.69) is 5.32 Å². The molecular formula is C19H21FN2O3. The summed E-state index contributed by atoms with van der Waals surface area (Å²) in [5.41, 5.74) is 1.16. The zero-order valence-corrected chi connectivity index (χ0v) is 14.0. The molecule has 0 radical (unpaired) electrons. The Bertz CT molecular complexity index is 704. The minimum absolute atomic E-state index is 0.246. The second kappa shape index (κ2) is 8.94. The Morgan fingerprint density at radius 3 is 2.32 bits per heavy atom. The van der Waals surface area contributed by atoms with Gasteiger partial charge in [-0.15, -0.1) is 0 Å². The number of amides is 1. The van der Waals surface area contributed by atoms with Gasteiger partial charge in [-0.1, -0.05) is 37.3 Å². The number of carboxylic acids is 1. The minimum atomic E-state index is -0.996. The third-order valence-corrected chi connectivity index (χ3v) is 3.69.